The molecule has 1 amide bonds. The Labute approximate surface area is 96.2 Å². The standard InChI is InChI=1S/C12H19NO3/c1-5-10(16-12(15)8(2)3)7-6-9(4)11(13)14/h6,10H,2,5,7H2,1,3-4H3,(H2,13,14)/b9-6+. The molecular formula is C12H19NO3. The summed E-state index contributed by atoms with van der Waals surface area (Å²) >= 11 is 0. The quantitative estimate of drug-likeness (QED) is 0.552. The van der Waals surface area contributed by atoms with E-state index in [-0.39, 0.29) is 6.10 Å². The highest BCUT2D eigenvalue weighted by Crippen LogP contribution is 2.09. The summed E-state index contributed by atoms with van der Waals surface area (Å²) in [5.74, 6) is -0.863. The highest BCUT2D eigenvalue weighted by atomic mass is 16.5. The summed E-state index contributed by atoms with van der Waals surface area (Å²) in [4.78, 5) is 22.0. The third-order valence-electron chi connectivity index (χ3n) is 2.15. The van der Waals surface area contributed by atoms with Crippen LogP contribution < -0.4 is 5.73 Å². The van der Waals surface area contributed by atoms with Gasteiger partial charge in [0.25, 0.3) is 0 Å². The molecule has 90 valence electrons. The Morgan fingerprint density at radius 1 is 1.44 bits per heavy atom. The van der Waals surface area contributed by atoms with Crippen LogP contribution in [0.5, 0.6) is 0 Å². The molecule has 0 aliphatic rings. The number of hydrogen-bond acceptors (Lipinski definition) is 3. The van der Waals surface area contributed by atoms with E-state index in [1.807, 2.05) is 6.92 Å². The number of amides is 1. The van der Waals surface area contributed by atoms with Gasteiger partial charge in [0, 0.05) is 17.6 Å². The fourth-order valence-electron chi connectivity index (χ4n) is 0.959. The summed E-state index contributed by atoms with van der Waals surface area (Å²) in [6.07, 6.45) is 2.62. The minimum atomic E-state index is -0.457. The van der Waals surface area contributed by atoms with Crippen molar-refractivity contribution in [1.29, 1.82) is 0 Å². The number of nitrogens with two attached hydrogens (primary N) is 1. The molecule has 0 rings (SSSR count). The molecule has 0 aromatic rings. The van der Waals surface area contributed by atoms with Crippen molar-refractivity contribution < 1.29 is 14.3 Å². The molecule has 0 aliphatic carbocycles. The van der Waals surface area contributed by atoms with E-state index >= 15 is 0 Å². The van der Waals surface area contributed by atoms with Gasteiger partial charge in [-0.1, -0.05) is 19.6 Å². The number of carbonyl (C=O) groups is 2. The first-order valence-corrected chi connectivity index (χ1v) is 5.21. The number of esters is 1. The first-order chi connectivity index (χ1) is 7.38. The van der Waals surface area contributed by atoms with Crippen molar-refractivity contribution in [2.75, 3.05) is 0 Å². The van der Waals surface area contributed by atoms with Gasteiger partial charge in [0.05, 0.1) is 0 Å². The predicted molar refractivity (Wildman–Crippen MR) is 62.6 cm³/mol. The molecule has 0 fully saturated rings. The topological polar surface area (TPSA) is 69.4 Å². The largest absolute Gasteiger partial charge is 0.459 e. The average Bonchev–Trinajstić information content (AvgIpc) is 2.22. The number of rotatable bonds is 6. The van der Waals surface area contributed by atoms with Gasteiger partial charge in [-0.25, -0.2) is 4.79 Å². The van der Waals surface area contributed by atoms with Gasteiger partial charge in [0.2, 0.25) is 5.91 Å². The SMILES string of the molecule is C=C(C)C(=O)OC(CC)C/C=C(\C)C(N)=O. The summed E-state index contributed by atoms with van der Waals surface area (Å²) < 4.78 is 5.16. The van der Waals surface area contributed by atoms with Crippen LogP contribution in [0.4, 0.5) is 0 Å². The van der Waals surface area contributed by atoms with Gasteiger partial charge in [-0.3, -0.25) is 4.79 Å². The monoisotopic (exact) mass is 225 g/mol. The Morgan fingerprint density at radius 2 is 2.00 bits per heavy atom. The van der Waals surface area contributed by atoms with E-state index in [0.717, 1.165) is 0 Å². The smallest absolute Gasteiger partial charge is 0.333 e. The van der Waals surface area contributed by atoms with Crippen LogP contribution >= 0.6 is 0 Å². The normalized spacial score (nSPS) is 13.1. The van der Waals surface area contributed by atoms with Crippen LogP contribution in [0.15, 0.2) is 23.8 Å². The highest BCUT2D eigenvalue weighted by molar-refractivity contribution is 5.91. The van der Waals surface area contributed by atoms with Gasteiger partial charge in [-0.05, 0) is 20.3 Å². The molecule has 4 heteroatoms. The Morgan fingerprint density at radius 3 is 2.38 bits per heavy atom. The van der Waals surface area contributed by atoms with Crippen molar-refractivity contribution in [3.8, 4) is 0 Å². The summed E-state index contributed by atoms with van der Waals surface area (Å²) in [6.45, 7) is 8.64. The lowest BCUT2D eigenvalue weighted by Crippen LogP contribution is -2.18. The number of primary amides is 1. The van der Waals surface area contributed by atoms with Crippen molar-refractivity contribution >= 4 is 11.9 Å². The third-order valence-corrected chi connectivity index (χ3v) is 2.15. The molecule has 1 unspecified atom stereocenters. The van der Waals surface area contributed by atoms with Crippen LogP contribution in [0, 0.1) is 0 Å². The van der Waals surface area contributed by atoms with E-state index in [1.54, 1.807) is 19.9 Å². The summed E-state index contributed by atoms with van der Waals surface area (Å²) in [5.41, 5.74) is 5.93. The van der Waals surface area contributed by atoms with Crippen LogP contribution in [0.2, 0.25) is 0 Å². The fraction of sp³-hybridized carbons (Fsp3) is 0.500. The molecule has 0 saturated heterocycles. The van der Waals surface area contributed by atoms with E-state index in [9.17, 15) is 9.59 Å². The Kier molecular flexibility index (Phi) is 6.15. The van der Waals surface area contributed by atoms with Crippen molar-refractivity contribution in [3.63, 3.8) is 0 Å². The Balaban J connectivity index is 4.32. The highest BCUT2D eigenvalue weighted by Gasteiger charge is 2.12. The first kappa shape index (κ1) is 14.4. The van der Waals surface area contributed by atoms with Gasteiger partial charge < -0.3 is 10.5 Å². The number of hydrogen-bond donors (Lipinski definition) is 1. The van der Waals surface area contributed by atoms with E-state index < -0.39 is 11.9 Å². The van der Waals surface area contributed by atoms with Crippen molar-refractivity contribution in [2.24, 2.45) is 5.73 Å². The minimum absolute atomic E-state index is 0.238. The van der Waals surface area contributed by atoms with E-state index in [1.165, 1.54) is 0 Å². The average molecular weight is 225 g/mol. The van der Waals surface area contributed by atoms with Crippen LogP contribution in [0.25, 0.3) is 0 Å². The molecule has 0 spiro atoms. The maximum atomic E-state index is 11.3. The molecule has 0 aliphatic heterocycles. The predicted octanol–water partition coefficient (Wildman–Crippen LogP) is 1.71. The maximum absolute atomic E-state index is 11.3. The molecule has 0 saturated carbocycles. The van der Waals surface area contributed by atoms with Crippen molar-refractivity contribution in [1.82, 2.24) is 0 Å². The molecule has 16 heavy (non-hydrogen) atoms. The second-order valence-corrected chi connectivity index (χ2v) is 3.70. The van der Waals surface area contributed by atoms with Gasteiger partial charge in [0.1, 0.15) is 6.10 Å². The summed E-state index contributed by atoms with van der Waals surface area (Å²) in [6, 6.07) is 0. The molecule has 0 bridgehead atoms. The fourth-order valence-corrected chi connectivity index (χ4v) is 0.959. The maximum Gasteiger partial charge on any atom is 0.333 e. The van der Waals surface area contributed by atoms with Gasteiger partial charge in [0.15, 0.2) is 0 Å². The molecule has 0 radical (unpaired) electrons. The lowest BCUT2D eigenvalue weighted by Gasteiger charge is -2.14. The van der Waals surface area contributed by atoms with Gasteiger partial charge in [-0.2, -0.15) is 0 Å². The second-order valence-electron chi connectivity index (χ2n) is 3.70. The Bertz CT molecular complexity index is 318. The van der Waals surface area contributed by atoms with Gasteiger partial charge >= 0.3 is 5.97 Å². The van der Waals surface area contributed by atoms with E-state index in [2.05, 4.69) is 6.58 Å². The molecule has 0 aromatic carbocycles. The third kappa shape index (κ3) is 5.34. The van der Waals surface area contributed by atoms with Crippen LogP contribution in [0.1, 0.15) is 33.6 Å². The minimum Gasteiger partial charge on any atom is -0.459 e. The first-order valence-electron chi connectivity index (χ1n) is 5.21. The molecular weight excluding hydrogens is 206 g/mol. The Hall–Kier alpha value is -1.58. The zero-order valence-corrected chi connectivity index (χ0v) is 10.1. The molecule has 1 atom stereocenters. The molecule has 2 N–H and O–H groups in total. The zero-order valence-electron chi connectivity index (χ0n) is 10.1. The van der Waals surface area contributed by atoms with Crippen LogP contribution in [0.3, 0.4) is 0 Å². The molecule has 0 aromatic heterocycles. The molecule has 0 heterocycles. The van der Waals surface area contributed by atoms with Gasteiger partial charge in [-0.15, -0.1) is 0 Å². The van der Waals surface area contributed by atoms with Crippen molar-refractivity contribution in [3.05, 3.63) is 23.8 Å². The van der Waals surface area contributed by atoms with Crippen LogP contribution in [-0.4, -0.2) is 18.0 Å². The summed E-state index contributed by atoms with van der Waals surface area (Å²) in [7, 11) is 0. The molecule has 4 nitrogen and oxygen atoms in total. The summed E-state index contributed by atoms with van der Waals surface area (Å²) in [5, 5.41) is 0. The lowest BCUT2D eigenvalue weighted by molar-refractivity contribution is -0.144. The van der Waals surface area contributed by atoms with E-state index in [0.29, 0.717) is 24.0 Å². The van der Waals surface area contributed by atoms with E-state index in [4.69, 9.17) is 10.5 Å². The second kappa shape index (κ2) is 6.82. The lowest BCUT2D eigenvalue weighted by atomic mass is 10.1. The van der Waals surface area contributed by atoms with Crippen molar-refractivity contribution in [2.45, 2.75) is 39.7 Å². The number of carbonyl (C=O) groups excluding carboxylic acids is 2. The number of ether oxygens (including phenoxy) is 1. The zero-order chi connectivity index (χ0) is 12.7. The van der Waals surface area contributed by atoms with Crippen LogP contribution in [-0.2, 0) is 14.3 Å².